The molecule has 2 atom stereocenters. The van der Waals surface area contributed by atoms with Crippen LogP contribution in [0.3, 0.4) is 0 Å². The third-order valence-electron chi connectivity index (χ3n) is 5.63. The third kappa shape index (κ3) is 2.31. The standard InChI is InChI=1S/C23H16BrClN2O2/c1-14(28)26-20-12-11-15(25)13-18(20)21(24)23(26)19-10-6-5-9-17(19)22(29)27(23)16-7-3-2-4-8-16/h2-13,21H,1H3/t21-,23-/m0/s1. The van der Waals surface area contributed by atoms with E-state index in [2.05, 4.69) is 15.9 Å². The molecule has 0 radical (unpaired) electrons. The van der Waals surface area contributed by atoms with Crippen LogP contribution in [-0.4, -0.2) is 11.8 Å². The van der Waals surface area contributed by atoms with Crippen LogP contribution in [0, 0.1) is 0 Å². The van der Waals surface area contributed by atoms with Gasteiger partial charge in [-0.25, -0.2) is 0 Å². The highest BCUT2D eigenvalue weighted by Crippen LogP contribution is 2.62. The Kier molecular flexibility index (Phi) is 4.09. The van der Waals surface area contributed by atoms with Crippen LogP contribution in [0.5, 0.6) is 0 Å². The van der Waals surface area contributed by atoms with E-state index >= 15 is 0 Å². The second-order valence-electron chi connectivity index (χ2n) is 7.17. The van der Waals surface area contributed by atoms with E-state index in [0.29, 0.717) is 10.6 Å². The quantitative estimate of drug-likeness (QED) is 0.434. The van der Waals surface area contributed by atoms with Crippen LogP contribution < -0.4 is 9.80 Å². The SMILES string of the molecule is CC(=O)N1c2ccc(Cl)cc2[C@H](Br)[C@@]12c1ccccc1C(=O)N2c1ccccc1. The summed E-state index contributed by atoms with van der Waals surface area (Å²) in [6, 6.07) is 22.4. The van der Waals surface area contributed by atoms with Crippen molar-refractivity contribution >= 4 is 50.7 Å². The number of benzene rings is 3. The molecule has 4 nitrogen and oxygen atoms in total. The number of fused-ring (bicyclic) bond motifs is 3. The fourth-order valence-corrected chi connectivity index (χ4v) is 5.81. The van der Waals surface area contributed by atoms with Crippen LogP contribution in [0.15, 0.2) is 72.8 Å². The average molecular weight is 468 g/mol. The number of hydrogen-bond donors (Lipinski definition) is 0. The van der Waals surface area contributed by atoms with Gasteiger partial charge in [-0.3, -0.25) is 19.4 Å². The second-order valence-corrected chi connectivity index (χ2v) is 8.52. The molecule has 2 aliphatic heterocycles. The molecule has 1 spiro atoms. The fraction of sp³-hybridized carbons (Fsp3) is 0.130. The molecule has 144 valence electrons. The lowest BCUT2D eigenvalue weighted by Gasteiger charge is -2.44. The topological polar surface area (TPSA) is 40.6 Å². The zero-order chi connectivity index (χ0) is 20.3. The number of hydrogen-bond acceptors (Lipinski definition) is 2. The van der Waals surface area contributed by atoms with Gasteiger partial charge in [0, 0.05) is 28.8 Å². The van der Waals surface area contributed by atoms with Crippen LogP contribution in [-0.2, 0) is 10.5 Å². The predicted molar refractivity (Wildman–Crippen MR) is 118 cm³/mol. The summed E-state index contributed by atoms with van der Waals surface area (Å²) >= 11 is 10.1. The van der Waals surface area contributed by atoms with Crippen LogP contribution in [0.4, 0.5) is 11.4 Å². The number of amides is 2. The lowest BCUT2D eigenvalue weighted by atomic mass is 9.93. The maximum atomic E-state index is 13.6. The van der Waals surface area contributed by atoms with Gasteiger partial charge in [0.25, 0.3) is 5.91 Å². The first kappa shape index (κ1) is 18.4. The maximum Gasteiger partial charge on any atom is 0.260 e. The minimum atomic E-state index is -1.06. The summed E-state index contributed by atoms with van der Waals surface area (Å²) in [6.07, 6.45) is 0. The molecule has 0 saturated carbocycles. The van der Waals surface area contributed by atoms with Crippen molar-refractivity contribution < 1.29 is 9.59 Å². The van der Waals surface area contributed by atoms with Crippen molar-refractivity contribution in [1.29, 1.82) is 0 Å². The summed E-state index contributed by atoms with van der Waals surface area (Å²) < 4.78 is 0. The van der Waals surface area contributed by atoms with E-state index < -0.39 is 5.66 Å². The van der Waals surface area contributed by atoms with Gasteiger partial charge in [-0.2, -0.15) is 0 Å². The number of para-hydroxylation sites is 1. The molecule has 6 heteroatoms. The van der Waals surface area contributed by atoms with Crippen molar-refractivity contribution in [2.24, 2.45) is 0 Å². The molecule has 3 aromatic carbocycles. The van der Waals surface area contributed by atoms with Gasteiger partial charge in [0.2, 0.25) is 5.91 Å². The minimum Gasteiger partial charge on any atom is -0.282 e. The van der Waals surface area contributed by atoms with Gasteiger partial charge in [0.1, 0.15) is 0 Å². The monoisotopic (exact) mass is 466 g/mol. The summed E-state index contributed by atoms with van der Waals surface area (Å²) in [5, 5.41) is 0.581. The first-order valence-corrected chi connectivity index (χ1v) is 10.5. The summed E-state index contributed by atoms with van der Waals surface area (Å²) in [5.41, 5.74) is 2.66. The second kappa shape index (κ2) is 6.44. The molecule has 3 aromatic rings. The van der Waals surface area contributed by atoms with E-state index in [-0.39, 0.29) is 16.6 Å². The van der Waals surface area contributed by atoms with Gasteiger partial charge in [0.15, 0.2) is 5.66 Å². The molecule has 29 heavy (non-hydrogen) atoms. The van der Waals surface area contributed by atoms with E-state index in [4.69, 9.17) is 11.6 Å². The fourth-order valence-electron chi connectivity index (χ4n) is 4.60. The molecule has 2 amide bonds. The van der Waals surface area contributed by atoms with Crippen LogP contribution in [0.25, 0.3) is 0 Å². The molecule has 5 rings (SSSR count). The van der Waals surface area contributed by atoms with Crippen molar-refractivity contribution in [3.8, 4) is 0 Å². The average Bonchev–Trinajstić information content (AvgIpc) is 3.13. The Morgan fingerprint density at radius 2 is 1.72 bits per heavy atom. The van der Waals surface area contributed by atoms with E-state index in [1.165, 1.54) is 6.92 Å². The Balaban J connectivity index is 1.89. The van der Waals surface area contributed by atoms with Gasteiger partial charge >= 0.3 is 0 Å². The number of alkyl halides is 1. The number of nitrogens with zero attached hydrogens (tertiary/aromatic N) is 2. The van der Waals surface area contributed by atoms with Crippen molar-refractivity contribution in [2.45, 2.75) is 17.4 Å². The predicted octanol–water partition coefficient (Wildman–Crippen LogP) is 5.66. The van der Waals surface area contributed by atoms with Crippen LogP contribution in [0.2, 0.25) is 5.02 Å². The number of halogens is 2. The van der Waals surface area contributed by atoms with E-state index in [1.54, 1.807) is 15.9 Å². The summed E-state index contributed by atoms with van der Waals surface area (Å²) in [6.45, 7) is 1.53. The normalized spacial score (nSPS) is 22.2. The highest BCUT2D eigenvalue weighted by Gasteiger charge is 2.63. The summed E-state index contributed by atoms with van der Waals surface area (Å²) in [4.78, 5) is 29.7. The Bertz CT molecular complexity index is 1170. The van der Waals surface area contributed by atoms with Crippen LogP contribution >= 0.6 is 27.5 Å². The molecule has 0 N–H and O–H groups in total. The maximum absolute atomic E-state index is 13.6. The number of carbonyl (C=O) groups excluding carboxylic acids is 2. The van der Waals surface area contributed by atoms with Gasteiger partial charge in [0.05, 0.1) is 10.5 Å². The Hall–Kier alpha value is -2.63. The van der Waals surface area contributed by atoms with Gasteiger partial charge < -0.3 is 0 Å². The summed E-state index contributed by atoms with van der Waals surface area (Å²) in [7, 11) is 0. The molecule has 2 aliphatic rings. The molecule has 0 unspecified atom stereocenters. The zero-order valence-electron chi connectivity index (χ0n) is 15.5. The molecule has 0 aromatic heterocycles. The molecule has 0 saturated heterocycles. The van der Waals surface area contributed by atoms with Gasteiger partial charge in [-0.05, 0) is 42.0 Å². The molecule has 0 bridgehead atoms. The molecular formula is C23H16BrClN2O2. The molecular weight excluding hydrogens is 452 g/mol. The minimum absolute atomic E-state index is 0.138. The van der Waals surface area contributed by atoms with Crippen LogP contribution in [0.1, 0.15) is 33.2 Å². The first-order valence-electron chi connectivity index (χ1n) is 9.21. The number of anilines is 2. The van der Waals surface area contributed by atoms with Crippen molar-refractivity contribution in [1.82, 2.24) is 0 Å². The largest absolute Gasteiger partial charge is 0.282 e. The van der Waals surface area contributed by atoms with Crippen molar-refractivity contribution in [2.75, 3.05) is 9.80 Å². The van der Waals surface area contributed by atoms with Crippen molar-refractivity contribution in [3.05, 3.63) is 94.5 Å². The molecule has 2 heterocycles. The zero-order valence-corrected chi connectivity index (χ0v) is 17.8. The van der Waals surface area contributed by atoms with Crippen molar-refractivity contribution in [3.63, 3.8) is 0 Å². The Morgan fingerprint density at radius 3 is 2.45 bits per heavy atom. The molecule has 0 fully saturated rings. The number of rotatable bonds is 1. The smallest absolute Gasteiger partial charge is 0.260 e. The van der Waals surface area contributed by atoms with E-state index in [9.17, 15) is 9.59 Å². The number of carbonyl (C=O) groups is 2. The molecule has 0 aliphatic carbocycles. The Labute approximate surface area is 181 Å². The lowest BCUT2D eigenvalue weighted by Crippen LogP contribution is -2.57. The van der Waals surface area contributed by atoms with E-state index in [0.717, 1.165) is 22.5 Å². The summed E-state index contributed by atoms with van der Waals surface area (Å²) in [5.74, 6) is -0.289. The highest BCUT2D eigenvalue weighted by molar-refractivity contribution is 9.09. The third-order valence-corrected chi connectivity index (χ3v) is 6.99. The van der Waals surface area contributed by atoms with E-state index in [1.807, 2.05) is 66.7 Å². The lowest BCUT2D eigenvalue weighted by molar-refractivity contribution is -0.117. The van der Waals surface area contributed by atoms with Gasteiger partial charge in [-0.15, -0.1) is 0 Å². The first-order chi connectivity index (χ1) is 14.0. The highest BCUT2D eigenvalue weighted by atomic mass is 79.9. The Morgan fingerprint density at radius 1 is 1.03 bits per heavy atom. The van der Waals surface area contributed by atoms with Gasteiger partial charge in [-0.1, -0.05) is 63.9 Å².